The molecule has 21 heavy (non-hydrogen) atoms. The van der Waals surface area contributed by atoms with E-state index in [2.05, 4.69) is 4.90 Å². The van der Waals surface area contributed by atoms with Crippen LogP contribution >= 0.6 is 0 Å². The number of hydrogen-bond acceptors (Lipinski definition) is 4. The Hall–Kier alpha value is -1.10. The summed E-state index contributed by atoms with van der Waals surface area (Å²) in [7, 11) is 0. The highest BCUT2D eigenvalue weighted by Gasteiger charge is 2.30. The standard InChI is InChI=1S/C16H27NO4/c18-15(19)10-9-14(17-11-5-2-6-12-17)16(20)21-13-7-3-1-4-8-13/h13-14H,1-12H2,(H,18,19). The number of hydrogen-bond donors (Lipinski definition) is 1. The fourth-order valence-corrected chi connectivity index (χ4v) is 3.37. The van der Waals surface area contributed by atoms with E-state index in [9.17, 15) is 9.59 Å². The van der Waals surface area contributed by atoms with E-state index in [0.29, 0.717) is 6.42 Å². The van der Waals surface area contributed by atoms with E-state index in [1.807, 2.05) is 0 Å². The third-order valence-corrected chi connectivity index (χ3v) is 4.57. The Kier molecular flexibility index (Phi) is 6.49. The fourth-order valence-electron chi connectivity index (χ4n) is 3.37. The third kappa shape index (κ3) is 5.30. The lowest BCUT2D eigenvalue weighted by atomic mass is 9.97. The van der Waals surface area contributed by atoms with E-state index in [4.69, 9.17) is 9.84 Å². The third-order valence-electron chi connectivity index (χ3n) is 4.57. The van der Waals surface area contributed by atoms with Crippen LogP contribution in [0, 0.1) is 0 Å². The first-order valence-corrected chi connectivity index (χ1v) is 8.33. The van der Waals surface area contributed by atoms with Crippen LogP contribution in [0.15, 0.2) is 0 Å². The van der Waals surface area contributed by atoms with Crippen LogP contribution in [0.3, 0.4) is 0 Å². The molecule has 5 nitrogen and oxygen atoms in total. The highest BCUT2D eigenvalue weighted by molar-refractivity contribution is 5.77. The molecule has 2 fully saturated rings. The number of carbonyl (C=O) groups excluding carboxylic acids is 1. The molecule has 0 aromatic carbocycles. The second kappa shape index (κ2) is 8.37. The number of likely N-dealkylation sites (tertiary alicyclic amines) is 1. The lowest BCUT2D eigenvalue weighted by Gasteiger charge is -2.34. The molecule has 1 heterocycles. The van der Waals surface area contributed by atoms with Crippen LogP contribution in [0.1, 0.15) is 64.2 Å². The number of piperidine rings is 1. The van der Waals surface area contributed by atoms with Crippen LogP contribution in [0.5, 0.6) is 0 Å². The van der Waals surface area contributed by atoms with Gasteiger partial charge in [-0.2, -0.15) is 0 Å². The Morgan fingerprint density at radius 3 is 2.29 bits per heavy atom. The molecule has 0 bridgehead atoms. The summed E-state index contributed by atoms with van der Waals surface area (Å²) in [5.74, 6) is -1.05. The van der Waals surface area contributed by atoms with Crippen molar-refractivity contribution in [3.05, 3.63) is 0 Å². The molecule has 2 rings (SSSR count). The summed E-state index contributed by atoms with van der Waals surface area (Å²) in [4.78, 5) is 25.4. The fraction of sp³-hybridized carbons (Fsp3) is 0.875. The van der Waals surface area contributed by atoms with Crippen LogP contribution in [-0.4, -0.2) is 47.2 Å². The van der Waals surface area contributed by atoms with E-state index in [0.717, 1.165) is 51.6 Å². The molecule has 0 amide bonds. The summed E-state index contributed by atoms with van der Waals surface area (Å²) >= 11 is 0. The number of carbonyl (C=O) groups is 2. The lowest BCUT2D eigenvalue weighted by Crippen LogP contribution is -2.46. The van der Waals surface area contributed by atoms with Gasteiger partial charge in [0.25, 0.3) is 0 Å². The van der Waals surface area contributed by atoms with Gasteiger partial charge >= 0.3 is 11.9 Å². The maximum atomic E-state index is 12.5. The monoisotopic (exact) mass is 297 g/mol. The summed E-state index contributed by atoms with van der Waals surface area (Å²) in [5, 5.41) is 8.89. The topological polar surface area (TPSA) is 66.8 Å². The minimum Gasteiger partial charge on any atom is -0.481 e. The molecular formula is C16H27NO4. The Labute approximate surface area is 126 Å². The number of rotatable bonds is 6. The van der Waals surface area contributed by atoms with Crippen LogP contribution in [0.2, 0.25) is 0 Å². The minimum absolute atomic E-state index is 0.0287. The van der Waals surface area contributed by atoms with E-state index in [1.165, 1.54) is 12.8 Å². The van der Waals surface area contributed by atoms with Gasteiger partial charge in [-0.15, -0.1) is 0 Å². The predicted octanol–water partition coefficient (Wildman–Crippen LogP) is 2.58. The predicted molar refractivity (Wildman–Crippen MR) is 79.0 cm³/mol. The number of aliphatic carboxylic acids is 1. The van der Waals surface area contributed by atoms with Crippen molar-refractivity contribution in [2.45, 2.75) is 76.4 Å². The highest BCUT2D eigenvalue weighted by Crippen LogP contribution is 2.23. The van der Waals surface area contributed by atoms with Gasteiger partial charge in [0.15, 0.2) is 0 Å². The second-order valence-electron chi connectivity index (χ2n) is 6.24. The number of nitrogens with zero attached hydrogens (tertiary/aromatic N) is 1. The van der Waals surface area contributed by atoms with Gasteiger partial charge in [0.1, 0.15) is 12.1 Å². The van der Waals surface area contributed by atoms with E-state index in [1.54, 1.807) is 0 Å². The molecule has 0 aromatic rings. The number of carboxylic acid groups (broad SMARTS) is 1. The molecule has 5 heteroatoms. The Morgan fingerprint density at radius 2 is 1.67 bits per heavy atom. The van der Waals surface area contributed by atoms with Crippen molar-refractivity contribution in [3.63, 3.8) is 0 Å². The molecule has 1 aliphatic heterocycles. The van der Waals surface area contributed by atoms with Crippen molar-refractivity contribution < 1.29 is 19.4 Å². The molecule has 120 valence electrons. The van der Waals surface area contributed by atoms with Crippen molar-refractivity contribution in [2.24, 2.45) is 0 Å². The molecule has 1 atom stereocenters. The van der Waals surface area contributed by atoms with Gasteiger partial charge in [0.2, 0.25) is 0 Å². The van der Waals surface area contributed by atoms with Crippen molar-refractivity contribution in [1.82, 2.24) is 4.90 Å². The van der Waals surface area contributed by atoms with E-state index < -0.39 is 5.97 Å². The van der Waals surface area contributed by atoms with Gasteiger partial charge in [-0.3, -0.25) is 14.5 Å². The van der Waals surface area contributed by atoms with Crippen molar-refractivity contribution in [3.8, 4) is 0 Å². The van der Waals surface area contributed by atoms with Gasteiger partial charge in [0.05, 0.1) is 0 Å². The number of esters is 1. The van der Waals surface area contributed by atoms with Gasteiger partial charge in [-0.1, -0.05) is 12.8 Å². The van der Waals surface area contributed by atoms with Crippen LogP contribution in [0.25, 0.3) is 0 Å². The van der Waals surface area contributed by atoms with Gasteiger partial charge in [-0.25, -0.2) is 0 Å². The molecule has 1 aliphatic carbocycles. The lowest BCUT2D eigenvalue weighted by molar-refractivity contribution is -0.158. The molecule has 0 spiro atoms. The average Bonchev–Trinajstić information content (AvgIpc) is 2.49. The summed E-state index contributed by atoms with van der Waals surface area (Å²) in [5.41, 5.74) is 0. The first-order valence-electron chi connectivity index (χ1n) is 8.33. The zero-order valence-electron chi connectivity index (χ0n) is 12.8. The zero-order valence-corrected chi connectivity index (χ0v) is 12.8. The van der Waals surface area contributed by atoms with Crippen molar-refractivity contribution in [2.75, 3.05) is 13.1 Å². The highest BCUT2D eigenvalue weighted by atomic mass is 16.5. The van der Waals surface area contributed by atoms with Gasteiger partial charge < -0.3 is 9.84 Å². The van der Waals surface area contributed by atoms with E-state index >= 15 is 0 Å². The first-order chi connectivity index (χ1) is 10.2. The zero-order chi connectivity index (χ0) is 15.1. The molecule has 2 aliphatic rings. The smallest absolute Gasteiger partial charge is 0.323 e. The molecule has 0 aromatic heterocycles. The van der Waals surface area contributed by atoms with Gasteiger partial charge in [0, 0.05) is 6.42 Å². The molecular weight excluding hydrogens is 270 g/mol. The quantitative estimate of drug-likeness (QED) is 0.763. The molecule has 1 saturated carbocycles. The summed E-state index contributed by atoms with van der Waals surface area (Å²) in [6.07, 6.45) is 9.19. The Bertz CT molecular complexity index is 346. The van der Waals surface area contributed by atoms with E-state index in [-0.39, 0.29) is 24.5 Å². The molecule has 1 saturated heterocycles. The summed E-state index contributed by atoms with van der Waals surface area (Å²) < 4.78 is 5.67. The molecule has 0 radical (unpaired) electrons. The number of carboxylic acids is 1. The van der Waals surface area contributed by atoms with Crippen LogP contribution in [0.4, 0.5) is 0 Å². The SMILES string of the molecule is O=C(O)CCC(C(=O)OC1CCCCC1)N1CCCCC1. The van der Waals surface area contributed by atoms with Crippen molar-refractivity contribution in [1.29, 1.82) is 0 Å². The van der Waals surface area contributed by atoms with Crippen LogP contribution in [-0.2, 0) is 14.3 Å². The second-order valence-corrected chi connectivity index (χ2v) is 6.24. The van der Waals surface area contributed by atoms with Crippen LogP contribution < -0.4 is 0 Å². The normalized spacial score (nSPS) is 22.7. The first kappa shape index (κ1) is 16.3. The summed E-state index contributed by atoms with van der Waals surface area (Å²) in [6, 6.07) is -0.372. The molecule has 1 unspecified atom stereocenters. The maximum Gasteiger partial charge on any atom is 0.323 e. The average molecular weight is 297 g/mol. The Balaban J connectivity index is 1.91. The largest absolute Gasteiger partial charge is 0.481 e. The van der Waals surface area contributed by atoms with Gasteiger partial charge in [-0.05, 0) is 58.0 Å². The minimum atomic E-state index is -0.845. The molecule has 1 N–H and O–H groups in total. The summed E-state index contributed by atoms with van der Waals surface area (Å²) in [6.45, 7) is 1.76. The van der Waals surface area contributed by atoms with Crippen molar-refractivity contribution >= 4 is 11.9 Å². The maximum absolute atomic E-state index is 12.5. The Morgan fingerprint density at radius 1 is 1.05 bits per heavy atom. The number of ether oxygens (including phenoxy) is 1.